The molecule has 138 valence electrons. The molecule has 1 aromatic heterocycles. The molecule has 1 aliphatic rings. The summed E-state index contributed by atoms with van der Waals surface area (Å²) < 4.78 is 1.90. The van der Waals surface area contributed by atoms with Crippen molar-refractivity contribution in [3.63, 3.8) is 0 Å². The topological polar surface area (TPSA) is 88.1 Å². The Morgan fingerprint density at radius 3 is 2.54 bits per heavy atom. The highest BCUT2D eigenvalue weighted by Gasteiger charge is 2.24. The number of hydrogen-bond acceptors (Lipinski definition) is 3. The molecule has 1 fully saturated rings. The van der Waals surface area contributed by atoms with E-state index >= 15 is 0 Å². The van der Waals surface area contributed by atoms with Crippen molar-refractivity contribution in [1.29, 1.82) is 0 Å². The zero-order valence-corrected chi connectivity index (χ0v) is 15.2. The van der Waals surface area contributed by atoms with E-state index in [0.29, 0.717) is 11.9 Å². The van der Waals surface area contributed by atoms with Crippen molar-refractivity contribution in [2.24, 2.45) is 0 Å². The summed E-state index contributed by atoms with van der Waals surface area (Å²) in [5, 5.41) is 12.7. The van der Waals surface area contributed by atoms with Crippen LogP contribution in [-0.2, 0) is 4.79 Å². The monoisotopic (exact) mass is 355 g/mol. The van der Waals surface area contributed by atoms with Crippen LogP contribution < -0.4 is 16.0 Å². The first-order valence-electron chi connectivity index (χ1n) is 8.98. The van der Waals surface area contributed by atoms with E-state index in [2.05, 4.69) is 21.0 Å². The summed E-state index contributed by atoms with van der Waals surface area (Å²) in [4.78, 5) is 24.8. The van der Waals surface area contributed by atoms with Gasteiger partial charge in [0.05, 0.1) is 11.7 Å². The van der Waals surface area contributed by atoms with Gasteiger partial charge in [-0.2, -0.15) is 5.10 Å². The summed E-state index contributed by atoms with van der Waals surface area (Å²) in [6, 6.07) is 10.2. The number of carbonyl (C=O) groups excluding carboxylic acids is 2. The van der Waals surface area contributed by atoms with E-state index in [0.717, 1.165) is 24.1 Å². The Labute approximate surface area is 153 Å². The molecule has 0 unspecified atom stereocenters. The quantitative estimate of drug-likeness (QED) is 0.770. The molecule has 1 aromatic carbocycles. The van der Waals surface area contributed by atoms with Crippen LogP contribution in [0.3, 0.4) is 0 Å². The molecule has 3 rings (SSSR count). The van der Waals surface area contributed by atoms with Gasteiger partial charge in [0.15, 0.2) is 0 Å². The summed E-state index contributed by atoms with van der Waals surface area (Å²) in [6.45, 7) is 1.91. The van der Waals surface area contributed by atoms with Gasteiger partial charge >= 0.3 is 6.03 Å². The maximum absolute atomic E-state index is 12.5. The van der Waals surface area contributed by atoms with Crippen molar-refractivity contribution in [2.75, 3.05) is 12.4 Å². The Kier molecular flexibility index (Phi) is 5.55. The Bertz CT molecular complexity index is 765. The van der Waals surface area contributed by atoms with Crippen molar-refractivity contribution >= 4 is 17.8 Å². The van der Waals surface area contributed by atoms with Crippen LogP contribution in [0.1, 0.15) is 49.0 Å². The maximum Gasteiger partial charge on any atom is 0.321 e. The number of nitrogens with zero attached hydrogens (tertiary/aromatic N) is 2. The lowest BCUT2D eigenvalue weighted by Gasteiger charge is -2.19. The number of aromatic nitrogens is 2. The number of urea groups is 1. The number of likely N-dealkylation sites (N-methyl/N-ethyl adjacent to an activating group) is 1. The first kappa shape index (κ1) is 18.0. The maximum atomic E-state index is 12.5. The van der Waals surface area contributed by atoms with Crippen LogP contribution in [-0.4, -0.2) is 28.8 Å². The number of hydrogen-bond donors (Lipinski definition) is 3. The van der Waals surface area contributed by atoms with Crippen molar-refractivity contribution in [3.8, 4) is 0 Å². The van der Waals surface area contributed by atoms with Crippen molar-refractivity contribution in [1.82, 2.24) is 20.4 Å². The fraction of sp³-hybridized carbons (Fsp3) is 0.421. The number of nitrogens with one attached hydrogen (secondary N) is 3. The molecule has 0 bridgehead atoms. The number of anilines is 1. The molecular formula is C19H25N5O2. The molecule has 3 amide bonds. The highest BCUT2D eigenvalue weighted by molar-refractivity contribution is 5.93. The molecule has 26 heavy (non-hydrogen) atoms. The molecule has 0 saturated heterocycles. The van der Waals surface area contributed by atoms with Gasteiger partial charge in [0.25, 0.3) is 0 Å². The third-order valence-electron chi connectivity index (χ3n) is 4.69. The van der Waals surface area contributed by atoms with Crippen molar-refractivity contribution in [3.05, 3.63) is 47.7 Å². The lowest BCUT2D eigenvalue weighted by molar-refractivity contribution is -0.122. The normalized spacial score (nSPS) is 15.5. The number of amides is 3. The standard InChI is InChI=1S/C19H25N5O2/c1-13-12-16(24(23-13)15-10-6-7-11-15)21-19(26)22-17(18(25)20-2)14-8-4-3-5-9-14/h3-5,8-9,12,15,17H,6-7,10-11H2,1-2H3,(H,20,25)(H2,21,22,26)/t17-/m0/s1. The zero-order valence-electron chi connectivity index (χ0n) is 15.2. The summed E-state index contributed by atoms with van der Waals surface area (Å²) in [6.07, 6.45) is 4.51. The molecule has 1 heterocycles. The SMILES string of the molecule is CNC(=O)[C@@H](NC(=O)Nc1cc(C)nn1C1CCCC1)c1ccccc1. The summed E-state index contributed by atoms with van der Waals surface area (Å²) in [5.74, 6) is 0.391. The molecule has 0 aliphatic heterocycles. The van der Waals surface area contributed by atoms with Crippen LogP contribution in [0, 0.1) is 6.92 Å². The second kappa shape index (κ2) is 8.03. The first-order chi connectivity index (χ1) is 12.6. The molecule has 0 spiro atoms. The van der Waals surface area contributed by atoms with E-state index in [-0.39, 0.29) is 5.91 Å². The highest BCUT2D eigenvalue weighted by Crippen LogP contribution is 2.31. The number of benzene rings is 1. The molecule has 1 saturated carbocycles. The minimum atomic E-state index is -0.759. The van der Waals surface area contributed by atoms with Gasteiger partial charge in [0.1, 0.15) is 11.9 Å². The van der Waals surface area contributed by atoms with E-state index in [1.165, 1.54) is 12.8 Å². The van der Waals surface area contributed by atoms with E-state index in [1.807, 2.05) is 48.0 Å². The second-order valence-electron chi connectivity index (χ2n) is 6.61. The number of carbonyl (C=O) groups is 2. The molecule has 7 nitrogen and oxygen atoms in total. The molecule has 7 heteroatoms. The minimum absolute atomic E-state index is 0.271. The Morgan fingerprint density at radius 2 is 1.88 bits per heavy atom. The number of aryl methyl sites for hydroxylation is 1. The van der Waals surface area contributed by atoms with Crippen molar-refractivity contribution in [2.45, 2.75) is 44.7 Å². The molecular weight excluding hydrogens is 330 g/mol. The van der Waals surface area contributed by atoms with Gasteiger partial charge in [-0.15, -0.1) is 0 Å². The zero-order chi connectivity index (χ0) is 18.5. The summed E-state index contributed by atoms with van der Waals surface area (Å²) in [5.41, 5.74) is 1.58. The lowest BCUT2D eigenvalue weighted by atomic mass is 10.1. The predicted octanol–water partition coefficient (Wildman–Crippen LogP) is 2.92. The van der Waals surface area contributed by atoms with Crippen LogP contribution in [0.15, 0.2) is 36.4 Å². The van der Waals surface area contributed by atoms with Gasteiger partial charge in [-0.05, 0) is 25.3 Å². The molecule has 1 aliphatic carbocycles. The van der Waals surface area contributed by atoms with Gasteiger partial charge in [-0.25, -0.2) is 9.48 Å². The average molecular weight is 355 g/mol. The largest absolute Gasteiger partial charge is 0.357 e. The number of rotatable bonds is 5. The van der Waals surface area contributed by atoms with Crippen LogP contribution in [0.4, 0.5) is 10.6 Å². The molecule has 3 N–H and O–H groups in total. The van der Waals surface area contributed by atoms with Crippen LogP contribution in [0.5, 0.6) is 0 Å². The van der Waals surface area contributed by atoms with E-state index in [1.54, 1.807) is 7.05 Å². The van der Waals surface area contributed by atoms with E-state index in [4.69, 9.17) is 0 Å². The van der Waals surface area contributed by atoms with Gasteiger partial charge in [-0.3, -0.25) is 10.1 Å². The summed E-state index contributed by atoms with van der Waals surface area (Å²) >= 11 is 0. The predicted molar refractivity (Wildman–Crippen MR) is 99.9 cm³/mol. The van der Waals surface area contributed by atoms with Crippen LogP contribution in [0.25, 0.3) is 0 Å². The molecule has 2 aromatic rings. The van der Waals surface area contributed by atoms with Gasteiger partial charge in [0.2, 0.25) is 5.91 Å². The van der Waals surface area contributed by atoms with Crippen LogP contribution >= 0.6 is 0 Å². The molecule has 0 radical (unpaired) electrons. The summed E-state index contributed by atoms with van der Waals surface area (Å²) in [7, 11) is 1.55. The highest BCUT2D eigenvalue weighted by atomic mass is 16.2. The Morgan fingerprint density at radius 1 is 1.19 bits per heavy atom. The molecule has 1 atom stereocenters. The van der Waals surface area contributed by atoms with Gasteiger partial charge in [-0.1, -0.05) is 43.2 Å². The minimum Gasteiger partial charge on any atom is -0.357 e. The Balaban J connectivity index is 1.74. The average Bonchev–Trinajstić information content (AvgIpc) is 3.29. The van der Waals surface area contributed by atoms with Gasteiger partial charge in [0, 0.05) is 13.1 Å². The third-order valence-corrected chi connectivity index (χ3v) is 4.69. The fourth-order valence-electron chi connectivity index (χ4n) is 3.41. The Hall–Kier alpha value is -2.83. The third kappa shape index (κ3) is 4.04. The fourth-order valence-corrected chi connectivity index (χ4v) is 3.41. The van der Waals surface area contributed by atoms with Crippen LogP contribution in [0.2, 0.25) is 0 Å². The van der Waals surface area contributed by atoms with E-state index < -0.39 is 12.1 Å². The van der Waals surface area contributed by atoms with Crippen molar-refractivity contribution < 1.29 is 9.59 Å². The lowest BCUT2D eigenvalue weighted by Crippen LogP contribution is -2.41. The second-order valence-corrected chi connectivity index (χ2v) is 6.61. The first-order valence-corrected chi connectivity index (χ1v) is 8.98. The van der Waals surface area contributed by atoms with E-state index in [9.17, 15) is 9.59 Å². The smallest absolute Gasteiger partial charge is 0.321 e. The van der Waals surface area contributed by atoms with Gasteiger partial charge < -0.3 is 10.6 Å².